The third-order valence-corrected chi connectivity index (χ3v) is 4.49. The Bertz CT molecular complexity index is 941. The molecule has 2 aromatic heterocycles. The number of nitrogens with zero attached hydrogens (tertiary/aromatic N) is 4. The van der Waals surface area contributed by atoms with Crippen LogP contribution < -0.4 is 5.32 Å². The number of rotatable bonds is 7. The molecule has 0 radical (unpaired) electrons. The summed E-state index contributed by atoms with van der Waals surface area (Å²) < 4.78 is 29.0. The number of amides is 1. The van der Waals surface area contributed by atoms with E-state index in [1.54, 1.807) is 35.2 Å². The van der Waals surface area contributed by atoms with Crippen molar-refractivity contribution in [3.63, 3.8) is 0 Å². The molecule has 0 spiro atoms. The number of hydrogen-bond acceptors (Lipinski definition) is 5. The molecule has 0 saturated heterocycles. The lowest BCUT2D eigenvalue weighted by atomic mass is 10.2. The van der Waals surface area contributed by atoms with Crippen LogP contribution in [0.2, 0.25) is 0 Å². The number of halogens is 2. The summed E-state index contributed by atoms with van der Waals surface area (Å²) in [5, 5.41) is 11.0. The monoisotopic (exact) mass is 387 g/mol. The zero-order valence-electron chi connectivity index (χ0n) is 14.1. The Labute approximate surface area is 158 Å². The molecule has 0 atom stereocenters. The Morgan fingerprint density at radius 1 is 1.19 bits per heavy atom. The van der Waals surface area contributed by atoms with Crippen LogP contribution in [0.15, 0.2) is 60.5 Å². The van der Waals surface area contributed by atoms with E-state index in [0.29, 0.717) is 17.5 Å². The molecule has 27 heavy (non-hydrogen) atoms. The van der Waals surface area contributed by atoms with E-state index in [1.807, 2.05) is 0 Å². The maximum Gasteiger partial charge on any atom is 0.235 e. The van der Waals surface area contributed by atoms with Crippen LogP contribution in [0.25, 0.3) is 11.4 Å². The summed E-state index contributed by atoms with van der Waals surface area (Å²) in [6.07, 6.45) is 4.98. The van der Waals surface area contributed by atoms with Gasteiger partial charge in [-0.25, -0.2) is 8.78 Å². The van der Waals surface area contributed by atoms with Crippen LogP contribution in [0, 0.1) is 11.6 Å². The molecule has 2 heterocycles. The van der Waals surface area contributed by atoms with Gasteiger partial charge in [-0.05, 0) is 24.3 Å². The van der Waals surface area contributed by atoms with Gasteiger partial charge in [-0.3, -0.25) is 14.3 Å². The van der Waals surface area contributed by atoms with Crippen LogP contribution in [-0.2, 0) is 11.3 Å². The molecule has 138 valence electrons. The Hall–Kier alpha value is -3.07. The molecule has 3 aromatic rings. The van der Waals surface area contributed by atoms with Crippen LogP contribution in [-0.4, -0.2) is 31.4 Å². The maximum atomic E-state index is 13.6. The third-order valence-electron chi connectivity index (χ3n) is 3.53. The highest BCUT2D eigenvalue weighted by molar-refractivity contribution is 7.99. The first kappa shape index (κ1) is 18.7. The van der Waals surface area contributed by atoms with E-state index in [1.165, 1.54) is 6.07 Å². The largest absolute Gasteiger partial charge is 0.320 e. The topological polar surface area (TPSA) is 72.7 Å². The number of allylic oxidation sites excluding steroid dienone is 1. The molecule has 9 heteroatoms. The molecule has 0 aliphatic carbocycles. The van der Waals surface area contributed by atoms with E-state index >= 15 is 0 Å². The Morgan fingerprint density at radius 2 is 1.89 bits per heavy atom. The van der Waals surface area contributed by atoms with Crippen LogP contribution >= 0.6 is 11.8 Å². The standard InChI is InChI=1S/C18H15F2N5OS/c1-2-10-25-17(12-6-8-21-9-7-12)23-24-18(25)27-11-15(26)22-16-13(19)4-3-5-14(16)20/h2-9H,1,10-11H2,(H,22,26). The lowest BCUT2D eigenvalue weighted by Gasteiger charge is -2.09. The highest BCUT2D eigenvalue weighted by Gasteiger charge is 2.16. The van der Waals surface area contributed by atoms with Crippen LogP contribution in [0.1, 0.15) is 0 Å². The molecule has 0 saturated carbocycles. The second-order valence-corrected chi connectivity index (χ2v) is 6.32. The molecular weight excluding hydrogens is 372 g/mol. The number of carbonyl (C=O) groups excluding carboxylic acids is 1. The summed E-state index contributed by atoms with van der Waals surface area (Å²) in [6.45, 7) is 4.16. The number of aromatic nitrogens is 4. The average Bonchev–Trinajstić information content (AvgIpc) is 3.07. The molecule has 0 aliphatic heterocycles. The van der Waals surface area contributed by atoms with Gasteiger partial charge in [0.1, 0.15) is 17.3 Å². The van der Waals surface area contributed by atoms with Gasteiger partial charge < -0.3 is 5.32 Å². The van der Waals surface area contributed by atoms with Gasteiger partial charge in [0.15, 0.2) is 11.0 Å². The van der Waals surface area contributed by atoms with E-state index in [9.17, 15) is 13.6 Å². The minimum atomic E-state index is -0.830. The van der Waals surface area contributed by atoms with Crippen LogP contribution in [0.5, 0.6) is 0 Å². The highest BCUT2D eigenvalue weighted by Crippen LogP contribution is 2.24. The number of anilines is 1. The SMILES string of the molecule is C=CCn1c(SCC(=O)Nc2c(F)cccc2F)nnc1-c1ccncc1. The smallest absolute Gasteiger partial charge is 0.235 e. The molecule has 1 N–H and O–H groups in total. The van der Waals surface area contributed by atoms with Gasteiger partial charge in [-0.15, -0.1) is 16.8 Å². The number of benzene rings is 1. The summed E-state index contributed by atoms with van der Waals surface area (Å²) >= 11 is 1.11. The maximum absolute atomic E-state index is 13.6. The van der Waals surface area contributed by atoms with E-state index in [2.05, 4.69) is 27.1 Å². The molecule has 6 nitrogen and oxygen atoms in total. The Balaban J connectivity index is 1.73. The number of nitrogens with one attached hydrogen (secondary N) is 1. The number of pyridine rings is 1. The first-order chi connectivity index (χ1) is 13.1. The summed E-state index contributed by atoms with van der Waals surface area (Å²) in [5.74, 6) is -1.69. The predicted molar refractivity (Wildman–Crippen MR) is 99.2 cm³/mol. The van der Waals surface area contributed by atoms with Crippen molar-refractivity contribution < 1.29 is 13.6 Å². The lowest BCUT2D eigenvalue weighted by Crippen LogP contribution is -2.16. The number of carbonyl (C=O) groups is 1. The van der Waals surface area contributed by atoms with Crippen molar-refractivity contribution in [1.82, 2.24) is 19.7 Å². The molecular formula is C18H15F2N5OS. The molecule has 0 bridgehead atoms. The van der Waals surface area contributed by atoms with Gasteiger partial charge in [0.25, 0.3) is 0 Å². The van der Waals surface area contributed by atoms with E-state index in [-0.39, 0.29) is 5.75 Å². The van der Waals surface area contributed by atoms with Gasteiger partial charge >= 0.3 is 0 Å². The van der Waals surface area contributed by atoms with E-state index in [4.69, 9.17) is 0 Å². The van der Waals surface area contributed by atoms with Crippen LogP contribution in [0.3, 0.4) is 0 Å². The quantitative estimate of drug-likeness (QED) is 0.496. The second-order valence-electron chi connectivity index (χ2n) is 5.37. The highest BCUT2D eigenvalue weighted by atomic mass is 32.2. The Kier molecular flexibility index (Phi) is 5.92. The van der Waals surface area contributed by atoms with Gasteiger partial charge in [-0.1, -0.05) is 23.9 Å². The average molecular weight is 387 g/mol. The molecule has 1 aromatic carbocycles. The zero-order valence-corrected chi connectivity index (χ0v) is 14.9. The van der Waals surface area contributed by atoms with Crippen molar-refractivity contribution >= 4 is 23.4 Å². The minimum absolute atomic E-state index is 0.0839. The summed E-state index contributed by atoms with van der Waals surface area (Å²) in [4.78, 5) is 16.1. The number of para-hydroxylation sites is 1. The van der Waals surface area contributed by atoms with E-state index < -0.39 is 23.2 Å². The first-order valence-corrected chi connectivity index (χ1v) is 8.90. The molecule has 0 aliphatic rings. The van der Waals surface area contributed by atoms with Gasteiger partial charge in [0, 0.05) is 24.5 Å². The fourth-order valence-corrected chi connectivity index (χ4v) is 3.07. The van der Waals surface area contributed by atoms with Crippen molar-refractivity contribution in [3.8, 4) is 11.4 Å². The molecule has 3 rings (SSSR count). The fourth-order valence-electron chi connectivity index (χ4n) is 2.33. The second kappa shape index (κ2) is 8.54. The predicted octanol–water partition coefficient (Wildman–Crippen LogP) is 3.54. The third kappa shape index (κ3) is 4.37. The van der Waals surface area contributed by atoms with Crippen molar-refractivity contribution in [2.24, 2.45) is 0 Å². The van der Waals surface area contributed by atoms with E-state index in [0.717, 1.165) is 29.5 Å². The summed E-state index contributed by atoms with van der Waals surface area (Å²) in [7, 11) is 0. The summed E-state index contributed by atoms with van der Waals surface area (Å²) in [5.41, 5.74) is 0.359. The Morgan fingerprint density at radius 3 is 2.56 bits per heavy atom. The normalized spacial score (nSPS) is 10.6. The van der Waals surface area contributed by atoms with Crippen molar-refractivity contribution in [2.75, 3.05) is 11.1 Å². The van der Waals surface area contributed by atoms with Crippen LogP contribution in [0.4, 0.5) is 14.5 Å². The van der Waals surface area contributed by atoms with Crippen molar-refractivity contribution in [2.45, 2.75) is 11.7 Å². The fraction of sp³-hybridized carbons (Fsp3) is 0.111. The van der Waals surface area contributed by atoms with Gasteiger partial charge in [-0.2, -0.15) is 0 Å². The minimum Gasteiger partial charge on any atom is -0.320 e. The van der Waals surface area contributed by atoms with Crippen molar-refractivity contribution in [3.05, 3.63) is 67.0 Å². The zero-order chi connectivity index (χ0) is 19.2. The van der Waals surface area contributed by atoms with Gasteiger partial charge in [0.05, 0.1) is 5.75 Å². The number of thioether (sulfide) groups is 1. The first-order valence-electron chi connectivity index (χ1n) is 7.91. The lowest BCUT2D eigenvalue weighted by molar-refractivity contribution is -0.113. The van der Waals surface area contributed by atoms with Gasteiger partial charge in [0.2, 0.25) is 5.91 Å². The molecule has 1 amide bonds. The molecule has 0 unspecified atom stereocenters. The number of hydrogen-bond donors (Lipinski definition) is 1. The summed E-state index contributed by atoms with van der Waals surface area (Å²) in [6, 6.07) is 6.98. The molecule has 0 fully saturated rings. The van der Waals surface area contributed by atoms with Crippen molar-refractivity contribution in [1.29, 1.82) is 0 Å².